The molecule has 3 rings (SSSR count). The van der Waals surface area contributed by atoms with Crippen molar-refractivity contribution in [1.29, 1.82) is 0 Å². The topological polar surface area (TPSA) is 79.9 Å². The van der Waals surface area contributed by atoms with Gasteiger partial charge in [-0.2, -0.15) is 0 Å². The Bertz CT molecular complexity index is 908. The summed E-state index contributed by atoms with van der Waals surface area (Å²) < 4.78 is 5.55. The van der Waals surface area contributed by atoms with E-state index in [1.807, 2.05) is 69.3 Å². The molecule has 3 aromatic rings. The van der Waals surface area contributed by atoms with E-state index in [0.717, 1.165) is 5.56 Å². The number of nitrogens with zero attached hydrogens (tertiary/aromatic N) is 2. The SMILES string of the molecule is CCOc1ccccc1NC(=O)[C@@H](C)Sc1n[nH]c(-c2ccc(C)cc2)n1. The third-order valence-electron chi connectivity index (χ3n) is 3.89. The van der Waals surface area contributed by atoms with E-state index in [-0.39, 0.29) is 11.2 Å². The van der Waals surface area contributed by atoms with Crippen LogP contribution in [0.2, 0.25) is 0 Å². The van der Waals surface area contributed by atoms with Gasteiger partial charge in [-0.3, -0.25) is 9.89 Å². The van der Waals surface area contributed by atoms with Gasteiger partial charge >= 0.3 is 0 Å². The minimum Gasteiger partial charge on any atom is -0.492 e. The highest BCUT2D eigenvalue weighted by Crippen LogP contribution is 2.27. The standard InChI is InChI=1S/C20H22N4O2S/c1-4-26-17-8-6-5-7-16(17)21-19(25)14(3)27-20-22-18(23-24-20)15-11-9-13(2)10-12-15/h5-12,14H,4H2,1-3H3,(H,21,25)(H,22,23,24)/t14-/m1/s1. The first kappa shape index (κ1) is 19.0. The minimum absolute atomic E-state index is 0.131. The van der Waals surface area contributed by atoms with E-state index >= 15 is 0 Å². The monoisotopic (exact) mass is 382 g/mol. The third-order valence-corrected chi connectivity index (χ3v) is 4.85. The molecule has 0 aliphatic heterocycles. The Morgan fingerprint density at radius 1 is 1.22 bits per heavy atom. The Kier molecular flexibility index (Phi) is 6.13. The molecule has 0 aliphatic carbocycles. The highest BCUT2D eigenvalue weighted by Gasteiger charge is 2.19. The first-order valence-corrected chi connectivity index (χ1v) is 9.63. The Balaban J connectivity index is 1.64. The van der Waals surface area contributed by atoms with Crippen molar-refractivity contribution in [3.63, 3.8) is 0 Å². The number of benzene rings is 2. The maximum absolute atomic E-state index is 12.5. The van der Waals surface area contributed by atoms with E-state index in [1.165, 1.54) is 17.3 Å². The second-order valence-corrected chi connectivity index (χ2v) is 7.32. The van der Waals surface area contributed by atoms with Crippen LogP contribution in [-0.4, -0.2) is 32.9 Å². The van der Waals surface area contributed by atoms with Gasteiger partial charge in [-0.25, -0.2) is 4.98 Å². The van der Waals surface area contributed by atoms with Gasteiger partial charge in [0.15, 0.2) is 5.82 Å². The van der Waals surface area contributed by atoms with Crippen molar-refractivity contribution in [2.24, 2.45) is 0 Å². The summed E-state index contributed by atoms with van der Waals surface area (Å²) in [6.45, 7) is 6.31. The van der Waals surface area contributed by atoms with Crippen molar-refractivity contribution in [1.82, 2.24) is 15.2 Å². The summed E-state index contributed by atoms with van der Waals surface area (Å²) in [6.07, 6.45) is 0. The number of thioether (sulfide) groups is 1. The van der Waals surface area contributed by atoms with Crippen molar-refractivity contribution in [3.8, 4) is 17.1 Å². The highest BCUT2D eigenvalue weighted by molar-refractivity contribution is 8.00. The maximum atomic E-state index is 12.5. The largest absolute Gasteiger partial charge is 0.492 e. The fraction of sp³-hybridized carbons (Fsp3) is 0.250. The van der Waals surface area contributed by atoms with E-state index in [4.69, 9.17) is 4.74 Å². The molecular weight excluding hydrogens is 360 g/mol. The van der Waals surface area contributed by atoms with E-state index in [1.54, 1.807) is 0 Å². The lowest BCUT2D eigenvalue weighted by molar-refractivity contribution is -0.115. The van der Waals surface area contributed by atoms with E-state index in [0.29, 0.717) is 29.0 Å². The summed E-state index contributed by atoms with van der Waals surface area (Å²) in [5.41, 5.74) is 2.81. The predicted molar refractivity (Wildman–Crippen MR) is 108 cm³/mol. The lowest BCUT2D eigenvalue weighted by Gasteiger charge is -2.13. The second kappa shape index (κ2) is 8.73. The molecule has 1 heterocycles. The van der Waals surface area contributed by atoms with Gasteiger partial charge in [0.1, 0.15) is 5.75 Å². The number of hydrogen-bond donors (Lipinski definition) is 2. The number of amides is 1. The molecule has 2 N–H and O–H groups in total. The van der Waals surface area contributed by atoms with Gasteiger partial charge in [0, 0.05) is 5.56 Å². The summed E-state index contributed by atoms with van der Waals surface area (Å²) in [5, 5.41) is 10.2. The molecule has 6 nitrogen and oxygen atoms in total. The zero-order valence-electron chi connectivity index (χ0n) is 15.5. The van der Waals surface area contributed by atoms with Gasteiger partial charge in [-0.05, 0) is 32.9 Å². The van der Waals surface area contributed by atoms with Gasteiger partial charge in [-0.1, -0.05) is 53.7 Å². The third kappa shape index (κ3) is 4.89. The molecule has 0 bridgehead atoms. The molecular formula is C20H22N4O2S. The summed E-state index contributed by atoms with van der Waals surface area (Å²) >= 11 is 1.30. The average Bonchev–Trinajstić information content (AvgIpc) is 3.12. The Morgan fingerprint density at radius 3 is 2.70 bits per heavy atom. The molecule has 1 amide bonds. The number of aromatic nitrogens is 3. The normalized spacial score (nSPS) is 11.8. The Morgan fingerprint density at radius 2 is 1.96 bits per heavy atom. The number of carbonyl (C=O) groups is 1. The zero-order chi connectivity index (χ0) is 19.2. The van der Waals surface area contributed by atoms with Gasteiger partial charge in [0.05, 0.1) is 17.5 Å². The molecule has 0 saturated carbocycles. The fourth-order valence-corrected chi connectivity index (χ4v) is 3.16. The number of aromatic amines is 1. The number of nitrogens with one attached hydrogen (secondary N) is 2. The van der Waals surface area contributed by atoms with Crippen molar-refractivity contribution >= 4 is 23.4 Å². The van der Waals surface area contributed by atoms with Crippen LogP contribution in [0.5, 0.6) is 5.75 Å². The van der Waals surface area contributed by atoms with E-state index < -0.39 is 0 Å². The van der Waals surface area contributed by atoms with Crippen LogP contribution in [-0.2, 0) is 4.79 Å². The number of ether oxygens (including phenoxy) is 1. The molecule has 0 aliphatic rings. The molecule has 7 heteroatoms. The highest BCUT2D eigenvalue weighted by atomic mass is 32.2. The summed E-state index contributed by atoms with van der Waals surface area (Å²) in [5.74, 6) is 1.21. The molecule has 1 atom stereocenters. The lowest BCUT2D eigenvalue weighted by atomic mass is 10.1. The molecule has 0 spiro atoms. The molecule has 0 unspecified atom stereocenters. The van der Waals surface area contributed by atoms with Crippen molar-refractivity contribution in [2.45, 2.75) is 31.2 Å². The Labute approximate surface area is 162 Å². The van der Waals surface area contributed by atoms with E-state index in [9.17, 15) is 4.79 Å². The predicted octanol–water partition coefficient (Wildman–Crippen LogP) is 4.30. The molecule has 27 heavy (non-hydrogen) atoms. The summed E-state index contributed by atoms with van der Waals surface area (Å²) in [6, 6.07) is 15.4. The van der Waals surface area contributed by atoms with Crippen LogP contribution in [0.4, 0.5) is 5.69 Å². The van der Waals surface area contributed by atoms with E-state index in [2.05, 4.69) is 20.5 Å². The van der Waals surface area contributed by atoms with Crippen LogP contribution in [0.15, 0.2) is 53.7 Å². The number of carbonyl (C=O) groups excluding carboxylic acids is 1. The lowest BCUT2D eigenvalue weighted by Crippen LogP contribution is -2.22. The van der Waals surface area contributed by atoms with Crippen LogP contribution in [0, 0.1) is 6.92 Å². The van der Waals surface area contributed by atoms with Crippen molar-refractivity contribution in [3.05, 3.63) is 54.1 Å². The molecule has 140 valence electrons. The zero-order valence-corrected chi connectivity index (χ0v) is 16.3. The number of para-hydroxylation sites is 2. The molecule has 0 radical (unpaired) electrons. The number of hydrogen-bond acceptors (Lipinski definition) is 5. The minimum atomic E-state index is -0.360. The van der Waals surface area contributed by atoms with Crippen molar-refractivity contribution in [2.75, 3.05) is 11.9 Å². The van der Waals surface area contributed by atoms with Crippen LogP contribution < -0.4 is 10.1 Å². The van der Waals surface area contributed by atoms with Crippen molar-refractivity contribution < 1.29 is 9.53 Å². The second-order valence-electron chi connectivity index (χ2n) is 6.01. The van der Waals surface area contributed by atoms with Crippen LogP contribution >= 0.6 is 11.8 Å². The smallest absolute Gasteiger partial charge is 0.237 e. The van der Waals surface area contributed by atoms with Crippen LogP contribution in [0.1, 0.15) is 19.4 Å². The first-order chi connectivity index (χ1) is 13.1. The average molecular weight is 382 g/mol. The van der Waals surface area contributed by atoms with Gasteiger partial charge in [0.25, 0.3) is 0 Å². The fourth-order valence-electron chi connectivity index (χ4n) is 2.44. The summed E-state index contributed by atoms with van der Waals surface area (Å²) in [7, 11) is 0. The quantitative estimate of drug-likeness (QED) is 0.596. The molecule has 0 fully saturated rings. The number of anilines is 1. The van der Waals surface area contributed by atoms with Gasteiger partial charge < -0.3 is 10.1 Å². The molecule has 0 saturated heterocycles. The summed E-state index contributed by atoms with van der Waals surface area (Å²) in [4.78, 5) is 17.0. The first-order valence-electron chi connectivity index (χ1n) is 8.75. The maximum Gasteiger partial charge on any atom is 0.237 e. The van der Waals surface area contributed by atoms with Gasteiger partial charge in [-0.15, -0.1) is 5.10 Å². The number of rotatable bonds is 7. The van der Waals surface area contributed by atoms with Crippen LogP contribution in [0.25, 0.3) is 11.4 Å². The van der Waals surface area contributed by atoms with Gasteiger partial charge in [0.2, 0.25) is 11.1 Å². The number of aryl methyl sites for hydroxylation is 1. The molecule has 1 aromatic heterocycles. The van der Waals surface area contributed by atoms with Crippen LogP contribution in [0.3, 0.4) is 0 Å². The Hall–Kier alpha value is -2.80. The number of H-pyrrole nitrogens is 1. The molecule has 2 aromatic carbocycles.